The number of rotatable bonds is 8. The van der Waals surface area contributed by atoms with Crippen LogP contribution in [0.5, 0.6) is 5.75 Å². The van der Waals surface area contributed by atoms with Gasteiger partial charge in [0.2, 0.25) is 0 Å². The van der Waals surface area contributed by atoms with Gasteiger partial charge in [-0.3, -0.25) is 0 Å². The summed E-state index contributed by atoms with van der Waals surface area (Å²) < 4.78 is 5.81. The van der Waals surface area contributed by atoms with Crippen molar-refractivity contribution in [2.24, 2.45) is 0 Å². The highest BCUT2D eigenvalue weighted by atomic mass is 16.5. The van der Waals surface area contributed by atoms with E-state index in [1.165, 1.54) is 24.8 Å². The first kappa shape index (κ1) is 15.3. The number of nitrogens with zero attached hydrogens (tertiary/aromatic N) is 1. The molecule has 0 heterocycles. The van der Waals surface area contributed by atoms with Gasteiger partial charge < -0.3 is 15.0 Å². The van der Waals surface area contributed by atoms with Crippen LogP contribution in [0.15, 0.2) is 24.3 Å². The Bertz CT molecular complexity index is 384. The molecule has 3 heteroatoms. The lowest BCUT2D eigenvalue weighted by Gasteiger charge is -2.34. The largest absolute Gasteiger partial charge is 0.492 e. The Kier molecular flexibility index (Phi) is 5.86. The summed E-state index contributed by atoms with van der Waals surface area (Å²) in [4.78, 5) is 2.42. The number of likely N-dealkylation sites (N-methyl/N-ethyl adjacent to an activating group) is 1. The molecule has 2 rings (SSSR count). The van der Waals surface area contributed by atoms with Crippen LogP contribution in [0.2, 0.25) is 0 Å². The maximum absolute atomic E-state index is 5.81. The maximum atomic E-state index is 5.81. The van der Waals surface area contributed by atoms with E-state index in [0.29, 0.717) is 6.04 Å². The lowest BCUT2D eigenvalue weighted by molar-refractivity contribution is 0.135. The monoisotopic (exact) mass is 276 g/mol. The predicted octanol–water partition coefficient (Wildman–Crippen LogP) is 3.05. The van der Waals surface area contributed by atoms with E-state index in [2.05, 4.69) is 55.4 Å². The van der Waals surface area contributed by atoms with Gasteiger partial charge in [0.25, 0.3) is 0 Å². The molecule has 1 saturated carbocycles. The quantitative estimate of drug-likeness (QED) is 0.790. The predicted molar refractivity (Wildman–Crippen MR) is 84.2 cm³/mol. The molecule has 0 bridgehead atoms. The van der Waals surface area contributed by atoms with Crippen LogP contribution >= 0.6 is 0 Å². The molecule has 1 aromatic rings. The molecule has 0 saturated heterocycles. The number of hydrogen-bond donors (Lipinski definition) is 1. The van der Waals surface area contributed by atoms with E-state index in [1.807, 2.05) is 0 Å². The lowest BCUT2D eigenvalue weighted by Crippen LogP contribution is -2.39. The lowest BCUT2D eigenvalue weighted by atomic mass is 9.92. The van der Waals surface area contributed by atoms with E-state index in [0.717, 1.165) is 31.5 Å². The van der Waals surface area contributed by atoms with E-state index in [1.54, 1.807) is 0 Å². The van der Waals surface area contributed by atoms with Gasteiger partial charge in [-0.2, -0.15) is 0 Å². The van der Waals surface area contributed by atoms with Crippen molar-refractivity contribution in [1.82, 2.24) is 10.2 Å². The van der Waals surface area contributed by atoms with Crippen molar-refractivity contribution in [3.05, 3.63) is 29.8 Å². The van der Waals surface area contributed by atoms with Crippen molar-refractivity contribution in [3.63, 3.8) is 0 Å². The van der Waals surface area contributed by atoms with Gasteiger partial charge in [0.05, 0.1) is 0 Å². The summed E-state index contributed by atoms with van der Waals surface area (Å²) >= 11 is 0. The SMILES string of the molecule is CC(C)NCc1ccc(OCCN(C)C2CCC2)cc1. The summed E-state index contributed by atoms with van der Waals surface area (Å²) in [6, 6.07) is 9.73. The average molecular weight is 276 g/mol. The second-order valence-corrected chi connectivity index (χ2v) is 6.09. The van der Waals surface area contributed by atoms with Crippen LogP contribution in [-0.2, 0) is 6.54 Å². The minimum absolute atomic E-state index is 0.521. The van der Waals surface area contributed by atoms with Gasteiger partial charge in [-0.15, -0.1) is 0 Å². The average Bonchev–Trinajstić information content (AvgIpc) is 2.35. The molecule has 0 atom stereocenters. The zero-order valence-electron chi connectivity index (χ0n) is 13.1. The van der Waals surface area contributed by atoms with E-state index in [-0.39, 0.29) is 0 Å². The summed E-state index contributed by atoms with van der Waals surface area (Å²) in [7, 11) is 2.20. The smallest absolute Gasteiger partial charge is 0.119 e. The van der Waals surface area contributed by atoms with Crippen LogP contribution in [0, 0.1) is 0 Å². The molecule has 0 amide bonds. The van der Waals surface area contributed by atoms with E-state index in [4.69, 9.17) is 4.74 Å². The molecule has 0 unspecified atom stereocenters. The van der Waals surface area contributed by atoms with Gasteiger partial charge in [-0.25, -0.2) is 0 Å². The van der Waals surface area contributed by atoms with Gasteiger partial charge in [-0.05, 0) is 37.6 Å². The third kappa shape index (κ3) is 4.80. The summed E-state index contributed by atoms with van der Waals surface area (Å²) in [6.07, 6.45) is 4.10. The molecular formula is C17H28N2O. The molecular weight excluding hydrogens is 248 g/mol. The Morgan fingerprint density at radius 2 is 1.95 bits per heavy atom. The van der Waals surface area contributed by atoms with Gasteiger partial charge >= 0.3 is 0 Å². The van der Waals surface area contributed by atoms with Crippen molar-refractivity contribution in [2.75, 3.05) is 20.2 Å². The molecule has 0 aromatic heterocycles. The zero-order chi connectivity index (χ0) is 14.4. The highest BCUT2D eigenvalue weighted by Gasteiger charge is 2.21. The van der Waals surface area contributed by atoms with Crippen molar-refractivity contribution in [3.8, 4) is 5.75 Å². The highest BCUT2D eigenvalue weighted by Crippen LogP contribution is 2.23. The Hall–Kier alpha value is -1.06. The fourth-order valence-electron chi connectivity index (χ4n) is 2.34. The number of ether oxygens (including phenoxy) is 1. The van der Waals surface area contributed by atoms with Gasteiger partial charge in [-0.1, -0.05) is 32.4 Å². The third-order valence-corrected chi connectivity index (χ3v) is 4.05. The van der Waals surface area contributed by atoms with Crippen molar-refractivity contribution < 1.29 is 4.74 Å². The van der Waals surface area contributed by atoms with Crippen LogP contribution in [0.1, 0.15) is 38.7 Å². The number of hydrogen-bond acceptors (Lipinski definition) is 3. The molecule has 112 valence electrons. The topological polar surface area (TPSA) is 24.5 Å². The highest BCUT2D eigenvalue weighted by molar-refractivity contribution is 5.27. The second kappa shape index (κ2) is 7.65. The Morgan fingerprint density at radius 1 is 1.25 bits per heavy atom. The third-order valence-electron chi connectivity index (χ3n) is 4.05. The van der Waals surface area contributed by atoms with Crippen LogP contribution in [-0.4, -0.2) is 37.2 Å². The standard InChI is InChI=1S/C17H28N2O/c1-14(2)18-13-15-7-9-17(10-8-15)20-12-11-19(3)16-5-4-6-16/h7-10,14,16,18H,4-6,11-13H2,1-3H3. The maximum Gasteiger partial charge on any atom is 0.119 e. The first-order valence-corrected chi connectivity index (χ1v) is 7.80. The fourth-order valence-corrected chi connectivity index (χ4v) is 2.34. The minimum atomic E-state index is 0.521. The van der Waals surface area contributed by atoms with Gasteiger partial charge in [0.15, 0.2) is 0 Å². The Morgan fingerprint density at radius 3 is 2.50 bits per heavy atom. The summed E-state index contributed by atoms with van der Waals surface area (Å²) in [5, 5.41) is 3.42. The van der Waals surface area contributed by atoms with Crippen molar-refractivity contribution in [2.45, 2.75) is 51.7 Å². The van der Waals surface area contributed by atoms with E-state index < -0.39 is 0 Å². The van der Waals surface area contributed by atoms with Crippen LogP contribution in [0.25, 0.3) is 0 Å². The van der Waals surface area contributed by atoms with Crippen LogP contribution in [0.4, 0.5) is 0 Å². The molecule has 1 N–H and O–H groups in total. The molecule has 20 heavy (non-hydrogen) atoms. The Labute approximate surface area is 123 Å². The Balaban J connectivity index is 1.67. The molecule has 1 aromatic carbocycles. The molecule has 0 radical (unpaired) electrons. The first-order chi connectivity index (χ1) is 9.65. The van der Waals surface area contributed by atoms with Gasteiger partial charge in [0.1, 0.15) is 12.4 Å². The van der Waals surface area contributed by atoms with Crippen molar-refractivity contribution >= 4 is 0 Å². The number of benzene rings is 1. The molecule has 1 aliphatic rings. The van der Waals surface area contributed by atoms with Gasteiger partial charge in [0, 0.05) is 25.2 Å². The summed E-state index contributed by atoms with van der Waals surface area (Å²) in [5.74, 6) is 0.973. The molecule has 0 spiro atoms. The summed E-state index contributed by atoms with van der Waals surface area (Å²) in [5.41, 5.74) is 1.30. The summed E-state index contributed by atoms with van der Waals surface area (Å²) in [6.45, 7) is 7.03. The fraction of sp³-hybridized carbons (Fsp3) is 0.647. The van der Waals surface area contributed by atoms with E-state index in [9.17, 15) is 0 Å². The van der Waals surface area contributed by atoms with Crippen LogP contribution < -0.4 is 10.1 Å². The normalized spacial score (nSPS) is 15.7. The molecule has 1 fully saturated rings. The number of nitrogens with one attached hydrogen (secondary N) is 1. The minimum Gasteiger partial charge on any atom is -0.492 e. The second-order valence-electron chi connectivity index (χ2n) is 6.09. The van der Waals surface area contributed by atoms with E-state index >= 15 is 0 Å². The van der Waals surface area contributed by atoms with Crippen molar-refractivity contribution in [1.29, 1.82) is 0 Å². The first-order valence-electron chi connectivity index (χ1n) is 7.80. The molecule has 0 aliphatic heterocycles. The molecule has 1 aliphatic carbocycles. The van der Waals surface area contributed by atoms with Crippen LogP contribution in [0.3, 0.4) is 0 Å². The molecule has 3 nitrogen and oxygen atoms in total. The zero-order valence-corrected chi connectivity index (χ0v) is 13.1.